The summed E-state index contributed by atoms with van der Waals surface area (Å²) in [5.74, 6) is 1.55. The van der Waals surface area contributed by atoms with Gasteiger partial charge >= 0.3 is 0 Å². The average Bonchev–Trinajstić information content (AvgIpc) is 2.49. The van der Waals surface area contributed by atoms with Crippen molar-refractivity contribution in [2.24, 2.45) is 5.73 Å². The van der Waals surface area contributed by atoms with Crippen LogP contribution in [0, 0.1) is 0 Å². The first-order valence-electron chi connectivity index (χ1n) is 6.59. The van der Waals surface area contributed by atoms with E-state index in [4.69, 9.17) is 26.8 Å². The fourth-order valence-corrected chi connectivity index (χ4v) is 1.99. The molecule has 0 atom stereocenters. The van der Waals surface area contributed by atoms with Gasteiger partial charge in [0.25, 0.3) is 0 Å². The SMILES string of the molecule is NCc1ccccc1OCCCOc1ccccc1Cl. The Labute approximate surface area is 124 Å². The van der Waals surface area contributed by atoms with Gasteiger partial charge in [0.2, 0.25) is 0 Å². The van der Waals surface area contributed by atoms with Gasteiger partial charge in [-0.1, -0.05) is 41.9 Å². The second kappa shape index (κ2) is 7.78. The van der Waals surface area contributed by atoms with E-state index in [1.54, 1.807) is 0 Å². The first-order valence-corrected chi connectivity index (χ1v) is 6.97. The van der Waals surface area contributed by atoms with Crippen molar-refractivity contribution in [3.05, 3.63) is 59.1 Å². The maximum atomic E-state index is 6.00. The largest absolute Gasteiger partial charge is 0.493 e. The molecule has 0 saturated carbocycles. The van der Waals surface area contributed by atoms with Gasteiger partial charge in [0.1, 0.15) is 11.5 Å². The minimum Gasteiger partial charge on any atom is -0.493 e. The van der Waals surface area contributed by atoms with Crippen LogP contribution in [0.3, 0.4) is 0 Å². The van der Waals surface area contributed by atoms with E-state index in [2.05, 4.69) is 0 Å². The van der Waals surface area contributed by atoms with Crippen LogP contribution in [-0.4, -0.2) is 13.2 Å². The summed E-state index contributed by atoms with van der Waals surface area (Å²) in [5.41, 5.74) is 6.67. The average molecular weight is 292 g/mol. The Bertz CT molecular complexity index is 546. The highest BCUT2D eigenvalue weighted by Gasteiger charge is 2.02. The zero-order chi connectivity index (χ0) is 14.2. The lowest BCUT2D eigenvalue weighted by Gasteiger charge is -2.11. The molecule has 0 fully saturated rings. The lowest BCUT2D eigenvalue weighted by Crippen LogP contribution is -2.07. The standard InChI is InChI=1S/C16H18ClNO2/c17-14-7-2-4-9-16(14)20-11-5-10-19-15-8-3-1-6-13(15)12-18/h1-4,6-9H,5,10-12,18H2. The molecule has 2 rings (SSSR count). The lowest BCUT2D eigenvalue weighted by atomic mass is 10.2. The van der Waals surface area contributed by atoms with E-state index in [1.807, 2.05) is 48.5 Å². The van der Waals surface area contributed by atoms with Gasteiger partial charge in [-0.15, -0.1) is 0 Å². The van der Waals surface area contributed by atoms with Gasteiger partial charge in [-0.2, -0.15) is 0 Å². The lowest BCUT2D eigenvalue weighted by molar-refractivity contribution is 0.246. The Balaban J connectivity index is 1.73. The summed E-state index contributed by atoms with van der Waals surface area (Å²) in [6.45, 7) is 1.63. The van der Waals surface area contributed by atoms with E-state index in [0.717, 1.165) is 17.7 Å². The first kappa shape index (κ1) is 14.7. The summed E-state index contributed by atoms with van der Waals surface area (Å²) < 4.78 is 11.3. The molecule has 106 valence electrons. The van der Waals surface area contributed by atoms with Crippen molar-refractivity contribution >= 4 is 11.6 Å². The molecule has 0 amide bonds. The molecule has 20 heavy (non-hydrogen) atoms. The first-order chi connectivity index (χ1) is 9.81. The monoisotopic (exact) mass is 291 g/mol. The molecule has 3 nitrogen and oxygen atoms in total. The molecule has 2 aromatic carbocycles. The molecule has 0 radical (unpaired) electrons. The highest BCUT2D eigenvalue weighted by atomic mass is 35.5. The molecule has 0 spiro atoms. The van der Waals surface area contributed by atoms with Gasteiger partial charge < -0.3 is 15.2 Å². The fraction of sp³-hybridized carbons (Fsp3) is 0.250. The van der Waals surface area contributed by atoms with Crippen molar-refractivity contribution in [3.63, 3.8) is 0 Å². The molecular formula is C16H18ClNO2. The number of hydrogen-bond donors (Lipinski definition) is 1. The van der Waals surface area contributed by atoms with Gasteiger partial charge in [-0.25, -0.2) is 0 Å². The van der Waals surface area contributed by atoms with Crippen LogP contribution in [-0.2, 0) is 6.54 Å². The van der Waals surface area contributed by atoms with Crippen LogP contribution in [0.15, 0.2) is 48.5 Å². The van der Waals surface area contributed by atoms with E-state index in [0.29, 0.717) is 30.5 Å². The number of nitrogens with two attached hydrogens (primary N) is 1. The predicted molar refractivity (Wildman–Crippen MR) is 81.4 cm³/mol. The van der Waals surface area contributed by atoms with Crippen LogP contribution in [0.2, 0.25) is 5.02 Å². The van der Waals surface area contributed by atoms with Gasteiger partial charge in [-0.3, -0.25) is 0 Å². The minimum atomic E-state index is 0.478. The maximum absolute atomic E-state index is 6.00. The third-order valence-electron chi connectivity index (χ3n) is 2.83. The predicted octanol–water partition coefficient (Wildman–Crippen LogP) is 3.65. The number of hydrogen-bond acceptors (Lipinski definition) is 3. The van der Waals surface area contributed by atoms with Crippen LogP contribution in [0.25, 0.3) is 0 Å². The quantitative estimate of drug-likeness (QED) is 0.792. The fourth-order valence-electron chi connectivity index (χ4n) is 1.80. The van der Waals surface area contributed by atoms with Gasteiger partial charge in [0, 0.05) is 18.5 Å². The van der Waals surface area contributed by atoms with Gasteiger partial charge in [-0.05, 0) is 18.2 Å². The Morgan fingerprint density at radius 1 is 0.850 bits per heavy atom. The van der Waals surface area contributed by atoms with Crippen molar-refractivity contribution in [2.75, 3.05) is 13.2 Å². The summed E-state index contributed by atoms with van der Waals surface area (Å²) in [5, 5.41) is 0.627. The maximum Gasteiger partial charge on any atom is 0.137 e. The zero-order valence-corrected chi connectivity index (χ0v) is 12.0. The van der Waals surface area contributed by atoms with Crippen LogP contribution in [0.1, 0.15) is 12.0 Å². The van der Waals surface area contributed by atoms with E-state index in [9.17, 15) is 0 Å². The second-order valence-corrected chi connectivity index (χ2v) is 4.70. The molecule has 2 N–H and O–H groups in total. The summed E-state index contributed by atoms with van der Waals surface area (Å²) in [7, 11) is 0. The van der Waals surface area contributed by atoms with Crippen molar-refractivity contribution in [3.8, 4) is 11.5 Å². The Kier molecular flexibility index (Phi) is 5.71. The zero-order valence-electron chi connectivity index (χ0n) is 11.2. The number of rotatable bonds is 7. The van der Waals surface area contributed by atoms with Crippen molar-refractivity contribution in [1.82, 2.24) is 0 Å². The molecule has 0 heterocycles. The van der Waals surface area contributed by atoms with Gasteiger partial charge in [0.15, 0.2) is 0 Å². The van der Waals surface area contributed by atoms with E-state index in [-0.39, 0.29) is 0 Å². The molecule has 4 heteroatoms. The Morgan fingerprint density at radius 3 is 2.15 bits per heavy atom. The van der Waals surface area contributed by atoms with E-state index >= 15 is 0 Å². The Morgan fingerprint density at radius 2 is 1.45 bits per heavy atom. The normalized spacial score (nSPS) is 10.3. The van der Waals surface area contributed by atoms with Crippen LogP contribution in [0.4, 0.5) is 0 Å². The molecule has 0 unspecified atom stereocenters. The third-order valence-corrected chi connectivity index (χ3v) is 3.15. The molecule has 0 aliphatic rings. The number of halogens is 1. The van der Waals surface area contributed by atoms with E-state index in [1.165, 1.54) is 0 Å². The number of benzene rings is 2. The molecule has 2 aromatic rings. The molecular weight excluding hydrogens is 274 g/mol. The smallest absolute Gasteiger partial charge is 0.137 e. The minimum absolute atomic E-state index is 0.478. The molecule has 0 bridgehead atoms. The molecule has 0 aliphatic carbocycles. The number of para-hydroxylation sites is 2. The summed E-state index contributed by atoms with van der Waals surface area (Å²) in [4.78, 5) is 0. The van der Waals surface area contributed by atoms with Crippen molar-refractivity contribution < 1.29 is 9.47 Å². The second-order valence-electron chi connectivity index (χ2n) is 4.29. The summed E-state index contributed by atoms with van der Waals surface area (Å²) in [6.07, 6.45) is 0.782. The molecule has 0 saturated heterocycles. The highest BCUT2D eigenvalue weighted by molar-refractivity contribution is 6.32. The van der Waals surface area contributed by atoms with Crippen LogP contribution in [0.5, 0.6) is 11.5 Å². The van der Waals surface area contributed by atoms with E-state index < -0.39 is 0 Å². The van der Waals surface area contributed by atoms with Gasteiger partial charge in [0.05, 0.1) is 18.2 Å². The molecule has 0 aromatic heterocycles. The topological polar surface area (TPSA) is 44.5 Å². The Hall–Kier alpha value is -1.71. The third kappa shape index (κ3) is 4.15. The van der Waals surface area contributed by atoms with Crippen LogP contribution >= 0.6 is 11.6 Å². The summed E-state index contributed by atoms with van der Waals surface area (Å²) >= 11 is 6.00. The van der Waals surface area contributed by atoms with Crippen molar-refractivity contribution in [1.29, 1.82) is 0 Å². The summed E-state index contributed by atoms with van der Waals surface area (Å²) in [6, 6.07) is 15.2. The van der Waals surface area contributed by atoms with Crippen LogP contribution < -0.4 is 15.2 Å². The highest BCUT2D eigenvalue weighted by Crippen LogP contribution is 2.23. The molecule has 0 aliphatic heterocycles. The van der Waals surface area contributed by atoms with Crippen molar-refractivity contribution in [2.45, 2.75) is 13.0 Å². The number of ether oxygens (including phenoxy) is 2.